The van der Waals surface area contributed by atoms with E-state index in [0.717, 1.165) is 0 Å². The van der Waals surface area contributed by atoms with Crippen molar-refractivity contribution in [1.29, 1.82) is 0 Å². The third kappa shape index (κ3) is 5.83. The molecule has 0 unspecified atom stereocenters. The summed E-state index contributed by atoms with van der Waals surface area (Å²) in [7, 11) is -3.86. The highest BCUT2D eigenvalue weighted by Crippen LogP contribution is 2.14. The molecule has 0 atom stereocenters. The average molecular weight is 404 g/mol. The van der Waals surface area contributed by atoms with E-state index >= 15 is 0 Å². The monoisotopic (exact) mass is 404 g/mol. The largest absolute Gasteiger partial charge is 0.481 e. The standard InChI is InChI=1S/C18H16N2O7S/c21-17(10-3-13-1-6-15(7-2-13)20(24)25)14-4-8-16(9-5-14)28(26,27)19-12-11-18(22)23/h1-10,19H,11-12H2,(H,22,23)/b10-3+. The summed E-state index contributed by atoms with van der Waals surface area (Å²) >= 11 is 0. The summed E-state index contributed by atoms with van der Waals surface area (Å²) in [6.07, 6.45) is 2.42. The van der Waals surface area contributed by atoms with Crippen LogP contribution in [0, 0.1) is 10.1 Å². The van der Waals surface area contributed by atoms with Crippen LogP contribution in [0.2, 0.25) is 0 Å². The Kier molecular flexibility index (Phi) is 6.74. The average Bonchev–Trinajstić information content (AvgIpc) is 2.66. The molecule has 0 amide bonds. The zero-order valence-electron chi connectivity index (χ0n) is 14.4. The summed E-state index contributed by atoms with van der Waals surface area (Å²) in [4.78, 5) is 32.6. The normalized spacial score (nSPS) is 11.4. The van der Waals surface area contributed by atoms with E-state index in [1.54, 1.807) is 0 Å². The number of aliphatic carboxylic acids is 1. The van der Waals surface area contributed by atoms with Crippen molar-refractivity contribution in [3.05, 3.63) is 75.8 Å². The molecule has 2 aromatic rings. The van der Waals surface area contributed by atoms with Crippen molar-refractivity contribution >= 4 is 33.5 Å². The van der Waals surface area contributed by atoms with E-state index in [-0.39, 0.29) is 34.9 Å². The highest BCUT2D eigenvalue weighted by Gasteiger charge is 2.14. The van der Waals surface area contributed by atoms with Gasteiger partial charge in [-0.05, 0) is 48.0 Å². The van der Waals surface area contributed by atoms with Crippen LogP contribution in [0.5, 0.6) is 0 Å². The molecule has 2 rings (SSSR count). The zero-order chi connectivity index (χ0) is 20.7. The number of carboxylic acids is 1. The van der Waals surface area contributed by atoms with Crippen LogP contribution in [0.4, 0.5) is 5.69 Å². The molecule has 0 radical (unpaired) electrons. The summed E-state index contributed by atoms with van der Waals surface area (Å²) < 4.78 is 26.2. The molecule has 9 nitrogen and oxygen atoms in total. The second-order valence-electron chi connectivity index (χ2n) is 5.61. The Hall–Kier alpha value is -3.37. The molecule has 0 saturated carbocycles. The first-order valence-corrected chi connectivity index (χ1v) is 9.46. The fourth-order valence-corrected chi connectivity index (χ4v) is 3.18. The maximum atomic E-state index is 12.2. The molecular weight excluding hydrogens is 388 g/mol. The number of carboxylic acid groups (broad SMARTS) is 1. The predicted octanol–water partition coefficient (Wildman–Crippen LogP) is 2.24. The van der Waals surface area contributed by atoms with E-state index in [4.69, 9.17) is 5.11 Å². The summed E-state index contributed by atoms with van der Waals surface area (Å²) in [5.41, 5.74) is 0.792. The molecular formula is C18H16N2O7S. The molecule has 0 saturated heterocycles. The van der Waals surface area contributed by atoms with E-state index in [1.165, 1.54) is 60.7 Å². The van der Waals surface area contributed by atoms with E-state index in [2.05, 4.69) is 4.72 Å². The number of sulfonamides is 1. The topological polar surface area (TPSA) is 144 Å². The number of carbonyl (C=O) groups is 2. The Morgan fingerprint density at radius 1 is 1.07 bits per heavy atom. The molecule has 10 heteroatoms. The van der Waals surface area contributed by atoms with Gasteiger partial charge in [-0.2, -0.15) is 0 Å². The number of allylic oxidation sites excluding steroid dienone is 1. The molecule has 0 heterocycles. The van der Waals surface area contributed by atoms with Gasteiger partial charge in [0.1, 0.15) is 0 Å². The number of hydrogen-bond acceptors (Lipinski definition) is 6. The number of nitro groups is 1. The van der Waals surface area contributed by atoms with Gasteiger partial charge in [-0.15, -0.1) is 0 Å². The van der Waals surface area contributed by atoms with Gasteiger partial charge in [-0.1, -0.05) is 6.08 Å². The minimum atomic E-state index is -3.86. The third-order valence-corrected chi connectivity index (χ3v) is 5.09. The number of benzene rings is 2. The Morgan fingerprint density at radius 2 is 1.68 bits per heavy atom. The molecule has 0 aromatic heterocycles. The van der Waals surface area contributed by atoms with Crippen LogP contribution in [0.15, 0.2) is 59.5 Å². The maximum Gasteiger partial charge on any atom is 0.304 e. The van der Waals surface area contributed by atoms with Crippen LogP contribution in [0.1, 0.15) is 22.3 Å². The molecule has 0 aliphatic rings. The fraction of sp³-hybridized carbons (Fsp3) is 0.111. The molecule has 2 N–H and O–H groups in total. The molecule has 0 bridgehead atoms. The van der Waals surface area contributed by atoms with E-state index < -0.39 is 20.9 Å². The quantitative estimate of drug-likeness (QED) is 0.282. The number of nitrogens with one attached hydrogen (secondary N) is 1. The molecule has 0 aliphatic heterocycles. The summed E-state index contributed by atoms with van der Waals surface area (Å²) in [6, 6.07) is 10.8. The number of non-ortho nitro benzene ring substituents is 1. The first-order chi connectivity index (χ1) is 13.2. The van der Waals surface area contributed by atoms with Crippen LogP contribution in [0.25, 0.3) is 6.08 Å². The number of rotatable bonds is 9. The first-order valence-electron chi connectivity index (χ1n) is 7.97. The smallest absolute Gasteiger partial charge is 0.304 e. The van der Waals surface area contributed by atoms with Gasteiger partial charge in [-0.3, -0.25) is 19.7 Å². The van der Waals surface area contributed by atoms with Gasteiger partial charge in [0.25, 0.3) is 5.69 Å². The highest BCUT2D eigenvalue weighted by atomic mass is 32.2. The van der Waals surface area contributed by atoms with Crippen molar-refractivity contribution in [3.63, 3.8) is 0 Å². The zero-order valence-corrected chi connectivity index (χ0v) is 15.3. The highest BCUT2D eigenvalue weighted by molar-refractivity contribution is 7.89. The maximum absolute atomic E-state index is 12.2. The van der Waals surface area contributed by atoms with Crippen LogP contribution in [0.3, 0.4) is 0 Å². The van der Waals surface area contributed by atoms with Crippen LogP contribution >= 0.6 is 0 Å². The van der Waals surface area contributed by atoms with Gasteiger partial charge in [0, 0.05) is 24.2 Å². The molecule has 0 aliphatic carbocycles. The number of hydrogen-bond donors (Lipinski definition) is 2. The van der Waals surface area contributed by atoms with Gasteiger partial charge in [0.2, 0.25) is 10.0 Å². The molecule has 2 aromatic carbocycles. The fourth-order valence-electron chi connectivity index (χ4n) is 2.15. The van der Waals surface area contributed by atoms with Gasteiger partial charge in [-0.25, -0.2) is 13.1 Å². The van der Waals surface area contributed by atoms with Crippen molar-refractivity contribution in [2.24, 2.45) is 0 Å². The number of nitro benzene ring substituents is 1. The van der Waals surface area contributed by atoms with Crippen molar-refractivity contribution < 1.29 is 28.0 Å². The molecule has 146 valence electrons. The van der Waals surface area contributed by atoms with Gasteiger partial charge < -0.3 is 5.11 Å². The first kappa shape index (κ1) is 20.9. The number of ketones is 1. The lowest BCUT2D eigenvalue weighted by atomic mass is 10.1. The number of carbonyl (C=O) groups excluding carboxylic acids is 1. The second kappa shape index (κ2) is 9.02. The SMILES string of the molecule is O=C(O)CCNS(=O)(=O)c1ccc(C(=O)/C=C/c2ccc([N+](=O)[O-])cc2)cc1. The van der Waals surface area contributed by atoms with Crippen molar-refractivity contribution in [2.75, 3.05) is 6.54 Å². The molecule has 0 fully saturated rings. The summed E-state index contributed by atoms with van der Waals surface area (Å²) in [5, 5.41) is 19.1. The lowest BCUT2D eigenvalue weighted by molar-refractivity contribution is -0.384. The summed E-state index contributed by atoms with van der Waals surface area (Å²) in [5.74, 6) is -1.50. The third-order valence-electron chi connectivity index (χ3n) is 3.61. The van der Waals surface area contributed by atoms with E-state index in [1.807, 2.05) is 0 Å². The van der Waals surface area contributed by atoms with Crippen LogP contribution in [-0.2, 0) is 14.8 Å². The van der Waals surface area contributed by atoms with Gasteiger partial charge in [0.05, 0.1) is 16.2 Å². The van der Waals surface area contributed by atoms with Crippen LogP contribution < -0.4 is 4.72 Å². The number of nitrogens with zero attached hydrogens (tertiary/aromatic N) is 1. The van der Waals surface area contributed by atoms with Gasteiger partial charge >= 0.3 is 5.97 Å². The van der Waals surface area contributed by atoms with Crippen molar-refractivity contribution in [1.82, 2.24) is 4.72 Å². The van der Waals surface area contributed by atoms with Crippen molar-refractivity contribution in [2.45, 2.75) is 11.3 Å². The molecule has 28 heavy (non-hydrogen) atoms. The van der Waals surface area contributed by atoms with Crippen molar-refractivity contribution in [3.8, 4) is 0 Å². The predicted molar refractivity (Wildman–Crippen MR) is 100 cm³/mol. The summed E-state index contributed by atoms with van der Waals surface area (Å²) in [6.45, 7) is -0.240. The van der Waals surface area contributed by atoms with E-state index in [9.17, 15) is 28.1 Å². The minimum Gasteiger partial charge on any atom is -0.481 e. The second-order valence-corrected chi connectivity index (χ2v) is 7.38. The van der Waals surface area contributed by atoms with Gasteiger partial charge in [0.15, 0.2) is 5.78 Å². The lowest BCUT2D eigenvalue weighted by Crippen LogP contribution is -2.26. The minimum absolute atomic E-state index is 0.0581. The Balaban J connectivity index is 2.04. The Labute approximate surface area is 160 Å². The lowest BCUT2D eigenvalue weighted by Gasteiger charge is -2.06. The van der Waals surface area contributed by atoms with Crippen LogP contribution in [-0.4, -0.2) is 36.7 Å². The molecule has 0 spiro atoms. The Morgan fingerprint density at radius 3 is 2.21 bits per heavy atom. The Bertz CT molecular complexity index is 1010. The van der Waals surface area contributed by atoms with E-state index in [0.29, 0.717) is 5.56 Å².